The van der Waals surface area contributed by atoms with Gasteiger partial charge >= 0.3 is 24.2 Å². The molecule has 1 fully saturated rings. The number of amides is 3. The molecule has 216 valence electrons. The summed E-state index contributed by atoms with van der Waals surface area (Å²) >= 11 is 0.865. The van der Waals surface area contributed by atoms with E-state index in [1.807, 2.05) is 0 Å². The number of anilines is 1. The van der Waals surface area contributed by atoms with Crippen molar-refractivity contribution in [3.63, 3.8) is 0 Å². The molecule has 2 rings (SSSR count). The molecule has 39 heavy (non-hydrogen) atoms. The van der Waals surface area contributed by atoms with E-state index in [2.05, 4.69) is 15.8 Å². The molecule has 2 N–H and O–H groups in total. The maximum Gasteiger partial charge on any atom is 0.428 e. The Morgan fingerprint density at radius 3 is 2.33 bits per heavy atom. The zero-order valence-corrected chi connectivity index (χ0v) is 24.1. The molecule has 2 atom stereocenters. The molecule has 0 bridgehead atoms. The van der Waals surface area contributed by atoms with Gasteiger partial charge in [-0.15, -0.1) is 0 Å². The van der Waals surface area contributed by atoms with Gasteiger partial charge in [0.15, 0.2) is 0 Å². The minimum atomic E-state index is -0.866. The third kappa shape index (κ3) is 10.3. The molecule has 3 amide bonds. The molecule has 1 aliphatic rings. The molecule has 0 spiro atoms. The lowest BCUT2D eigenvalue weighted by atomic mass is 10.2. The first-order chi connectivity index (χ1) is 18.0. The van der Waals surface area contributed by atoms with E-state index in [1.165, 1.54) is 31.1 Å². The molecular formula is C25H35FN4O8S. The number of hydrogen-bond acceptors (Lipinski definition) is 10. The number of carbonyl (C=O) groups is 4. The Kier molecular flexibility index (Phi) is 10.6. The minimum absolute atomic E-state index is 0.00686. The molecule has 1 saturated heterocycles. The van der Waals surface area contributed by atoms with Crippen molar-refractivity contribution in [3.05, 3.63) is 29.6 Å². The first kappa shape index (κ1) is 31.7. The molecule has 0 saturated carbocycles. The summed E-state index contributed by atoms with van der Waals surface area (Å²) < 4.78 is 35.6. The van der Waals surface area contributed by atoms with Crippen LogP contribution in [0.1, 0.15) is 54.0 Å². The molecule has 0 radical (unpaired) electrons. The summed E-state index contributed by atoms with van der Waals surface area (Å²) in [6.07, 6.45) is -2.92. The second-order valence-electron chi connectivity index (χ2n) is 10.5. The maximum absolute atomic E-state index is 15.3. The highest BCUT2D eigenvalue weighted by molar-refractivity contribution is 8.15. The number of carbonyl (C=O) groups excluding carboxylic acids is 4. The van der Waals surface area contributed by atoms with Crippen LogP contribution in [-0.2, 0) is 23.7 Å². The van der Waals surface area contributed by atoms with Crippen LogP contribution in [0.3, 0.4) is 0 Å². The fraction of sp³-hybridized carbons (Fsp3) is 0.560. The van der Waals surface area contributed by atoms with Crippen LogP contribution in [0.2, 0.25) is 0 Å². The fourth-order valence-electron chi connectivity index (χ4n) is 3.12. The van der Waals surface area contributed by atoms with E-state index in [0.29, 0.717) is 0 Å². The molecule has 12 nitrogen and oxygen atoms in total. The van der Waals surface area contributed by atoms with Crippen molar-refractivity contribution in [1.82, 2.24) is 10.7 Å². The Morgan fingerprint density at radius 2 is 1.77 bits per heavy atom. The molecule has 14 heteroatoms. The van der Waals surface area contributed by atoms with E-state index in [4.69, 9.17) is 18.9 Å². The van der Waals surface area contributed by atoms with Gasteiger partial charge in [-0.1, -0.05) is 11.8 Å². The van der Waals surface area contributed by atoms with Gasteiger partial charge in [0.2, 0.25) is 0 Å². The number of alkyl carbamates (subject to hydrolysis) is 1. The van der Waals surface area contributed by atoms with Crippen LogP contribution in [0.4, 0.5) is 24.5 Å². The quantitative estimate of drug-likeness (QED) is 0.162. The maximum atomic E-state index is 15.3. The Hall–Kier alpha value is -3.55. The first-order valence-electron chi connectivity index (χ1n) is 12.0. The van der Waals surface area contributed by atoms with Gasteiger partial charge in [-0.25, -0.2) is 24.2 Å². The summed E-state index contributed by atoms with van der Waals surface area (Å²) in [6.45, 7) is 11.8. The smallest absolute Gasteiger partial charge is 0.428 e. The number of benzene rings is 1. The number of nitrogens with zero attached hydrogens (tertiary/aromatic N) is 2. The Balaban J connectivity index is 2.20. The van der Waals surface area contributed by atoms with Crippen LogP contribution >= 0.6 is 11.8 Å². The number of halogens is 1. The molecule has 0 aliphatic carbocycles. The highest BCUT2D eigenvalue weighted by Gasteiger charge is 2.33. The van der Waals surface area contributed by atoms with Crippen LogP contribution in [-0.4, -0.2) is 72.0 Å². The number of methoxy groups -OCH3 is 1. The SMILES string of the molecule is COC(=O)[C@@H](C)S/C(=N\NC(=O)OC(C)(C)C)c1ccc(N2C[C@H](CNC(=O)OC(C)(C)C)OC2=O)cc1F. The molecule has 1 aliphatic heterocycles. The molecule has 0 aromatic heterocycles. The first-order valence-corrected chi connectivity index (χ1v) is 12.9. The average molecular weight is 571 g/mol. The molecule has 1 aromatic rings. The van der Waals surface area contributed by atoms with Crippen molar-refractivity contribution >= 4 is 46.7 Å². The van der Waals surface area contributed by atoms with Gasteiger partial charge in [-0.3, -0.25) is 9.69 Å². The largest absolute Gasteiger partial charge is 0.468 e. The number of esters is 1. The second-order valence-corrected chi connectivity index (χ2v) is 11.8. The van der Waals surface area contributed by atoms with E-state index in [0.717, 1.165) is 17.8 Å². The summed E-state index contributed by atoms with van der Waals surface area (Å²) in [5.41, 5.74) is 0.900. The van der Waals surface area contributed by atoms with Crippen molar-refractivity contribution in [2.75, 3.05) is 25.1 Å². The van der Waals surface area contributed by atoms with Gasteiger partial charge in [0, 0.05) is 5.56 Å². The van der Waals surface area contributed by atoms with E-state index >= 15 is 4.39 Å². The van der Waals surface area contributed by atoms with E-state index < -0.39 is 52.6 Å². The lowest BCUT2D eigenvalue weighted by Crippen LogP contribution is -2.38. The molecular weight excluding hydrogens is 535 g/mol. The number of nitrogens with one attached hydrogen (secondary N) is 2. The van der Waals surface area contributed by atoms with Gasteiger partial charge in [0.25, 0.3) is 0 Å². The Morgan fingerprint density at radius 1 is 1.15 bits per heavy atom. The van der Waals surface area contributed by atoms with Gasteiger partial charge in [-0.2, -0.15) is 5.10 Å². The van der Waals surface area contributed by atoms with Crippen LogP contribution in [0.15, 0.2) is 23.3 Å². The van der Waals surface area contributed by atoms with Gasteiger partial charge in [0.1, 0.15) is 33.4 Å². The summed E-state index contributed by atoms with van der Waals surface area (Å²) in [6, 6.07) is 3.93. The van der Waals surface area contributed by atoms with Crippen molar-refractivity contribution in [2.45, 2.75) is 71.0 Å². The van der Waals surface area contributed by atoms with Gasteiger partial charge in [0.05, 0.1) is 25.9 Å². The lowest BCUT2D eigenvalue weighted by Gasteiger charge is -2.20. The van der Waals surface area contributed by atoms with Crippen LogP contribution < -0.4 is 15.6 Å². The van der Waals surface area contributed by atoms with Crippen LogP contribution in [0.5, 0.6) is 0 Å². The van der Waals surface area contributed by atoms with Crippen LogP contribution in [0.25, 0.3) is 0 Å². The Bertz CT molecular complexity index is 1120. The van der Waals surface area contributed by atoms with Crippen molar-refractivity contribution in [1.29, 1.82) is 0 Å². The van der Waals surface area contributed by atoms with Crippen LogP contribution in [0, 0.1) is 5.82 Å². The summed E-state index contributed by atoms with van der Waals surface area (Å²) in [4.78, 5) is 49.6. The monoisotopic (exact) mass is 570 g/mol. The lowest BCUT2D eigenvalue weighted by molar-refractivity contribution is -0.139. The molecule has 1 aromatic carbocycles. The summed E-state index contributed by atoms with van der Waals surface area (Å²) in [5, 5.41) is 5.70. The average Bonchev–Trinajstić information content (AvgIpc) is 3.18. The highest BCUT2D eigenvalue weighted by Crippen LogP contribution is 2.28. The number of cyclic esters (lactones) is 1. The number of thioether (sulfide) groups is 1. The van der Waals surface area contributed by atoms with Crippen molar-refractivity contribution in [3.8, 4) is 0 Å². The number of rotatable bonds is 7. The number of hydrazone groups is 1. The second kappa shape index (κ2) is 13.0. The number of ether oxygens (including phenoxy) is 4. The normalized spacial score (nSPS) is 16.7. The minimum Gasteiger partial charge on any atom is -0.468 e. The van der Waals surface area contributed by atoms with Crippen molar-refractivity contribution < 1.29 is 42.5 Å². The third-order valence-corrected chi connectivity index (χ3v) is 5.79. The van der Waals surface area contributed by atoms with Gasteiger partial charge in [-0.05, 0) is 66.7 Å². The van der Waals surface area contributed by atoms with Gasteiger partial charge < -0.3 is 24.3 Å². The zero-order chi connectivity index (χ0) is 29.5. The molecule has 0 unspecified atom stereocenters. The Labute approximate surface area is 230 Å². The third-order valence-electron chi connectivity index (χ3n) is 4.71. The van der Waals surface area contributed by atoms with Crippen molar-refractivity contribution in [2.24, 2.45) is 5.10 Å². The van der Waals surface area contributed by atoms with E-state index in [-0.39, 0.29) is 29.4 Å². The highest BCUT2D eigenvalue weighted by atomic mass is 32.2. The summed E-state index contributed by atoms with van der Waals surface area (Å²) in [5.74, 6) is -1.35. The predicted octanol–water partition coefficient (Wildman–Crippen LogP) is 4.16. The molecule has 1 heterocycles. The van der Waals surface area contributed by atoms with E-state index in [1.54, 1.807) is 41.5 Å². The van der Waals surface area contributed by atoms with E-state index in [9.17, 15) is 19.2 Å². The fourth-order valence-corrected chi connectivity index (χ4v) is 4.04. The standard InChI is InChI=1S/C25H35FN4O8S/c1-14(20(31)35-8)39-19(28-29-22(33)38-25(5,6)7)17-10-9-15(11-18(17)26)30-13-16(36-23(30)34)12-27-21(32)37-24(2,3)4/h9-11,14,16H,12-13H2,1-8H3,(H,27,32)(H,29,33)/b28-19-/t14-,16+/m1/s1. The summed E-state index contributed by atoms with van der Waals surface area (Å²) in [7, 11) is 1.22. The topological polar surface area (TPSA) is 145 Å². The number of hydrogen-bond donors (Lipinski definition) is 2. The predicted molar refractivity (Wildman–Crippen MR) is 143 cm³/mol. The zero-order valence-electron chi connectivity index (χ0n) is 23.2.